The second-order valence-electron chi connectivity index (χ2n) is 5.39. The van der Waals surface area contributed by atoms with E-state index in [1.807, 2.05) is 6.20 Å². The highest BCUT2D eigenvalue weighted by molar-refractivity contribution is 6.34. The third kappa shape index (κ3) is 4.20. The van der Waals surface area contributed by atoms with E-state index in [2.05, 4.69) is 36.4 Å². The van der Waals surface area contributed by atoms with Crippen molar-refractivity contribution in [3.05, 3.63) is 40.1 Å². The molecule has 0 spiro atoms. The highest BCUT2D eigenvalue weighted by Gasteiger charge is 2.10. The van der Waals surface area contributed by atoms with Gasteiger partial charge in [0, 0.05) is 22.1 Å². The predicted molar refractivity (Wildman–Crippen MR) is 78.0 cm³/mol. The maximum atomic E-state index is 5.97. The van der Waals surface area contributed by atoms with Gasteiger partial charge in [-0.1, -0.05) is 28.4 Å². The number of aromatic nitrogens is 3. The van der Waals surface area contributed by atoms with Gasteiger partial charge in [-0.2, -0.15) is 0 Å². The van der Waals surface area contributed by atoms with E-state index in [9.17, 15) is 0 Å². The average molecular weight is 299 g/mol. The molecule has 1 aromatic carbocycles. The molecule has 6 heteroatoms. The molecule has 0 fully saturated rings. The van der Waals surface area contributed by atoms with Crippen LogP contribution < -0.4 is 5.32 Å². The molecule has 0 saturated heterocycles. The molecule has 0 aliphatic rings. The second-order valence-corrected chi connectivity index (χ2v) is 6.26. The molecule has 1 heterocycles. The maximum Gasteiger partial charge on any atom is 0.0969 e. The molecule has 0 amide bonds. The fourth-order valence-electron chi connectivity index (χ4n) is 1.53. The van der Waals surface area contributed by atoms with Crippen molar-refractivity contribution in [1.82, 2.24) is 20.3 Å². The third-order valence-corrected chi connectivity index (χ3v) is 2.89. The number of nitrogens with one attached hydrogen (secondary N) is 1. The van der Waals surface area contributed by atoms with Crippen LogP contribution in [0.3, 0.4) is 0 Å². The summed E-state index contributed by atoms with van der Waals surface area (Å²) < 4.78 is 1.66. The van der Waals surface area contributed by atoms with Crippen molar-refractivity contribution in [2.24, 2.45) is 0 Å². The summed E-state index contributed by atoms with van der Waals surface area (Å²) in [5.41, 5.74) is 1.71. The fraction of sp³-hybridized carbons (Fsp3) is 0.385. The normalized spacial score (nSPS) is 11.8. The standard InChI is InChI=1S/C13H16Cl2N4/c1-13(2,3)16-7-11-8-19(18-17-11)12-5-9(14)4-10(15)6-12/h4-6,8,16H,7H2,1-3H3. The Balaban J connectivity index is 2.16. The Morgan fingerprint density at radius 1 is 1.16 bits per heavy atom. The van der Waals surface area contributed by atoms with Gasteiger partial charge < -0.3 is 5.32 Å². The van der Waals surface area contributed by atoms with Crippen LogP contribution in [0.5, 0.6) is 0 Å². The molecule has 0 atom stereocenters. The molecule has 2 aromatic rings. The lowest BCUT2D eigenvalue weighted by atomic mass is 10.1. The van der Waals surface area contributed by atoms with Crippen LogP contribution >= 0.6 is 23.2 Å². The number of benzene rings is 1. The van der Waals surface area contributed by atoms with Crippen molar-refractivity contribution < 1.29 is 0 Å². The summed E-state index contributed by atoms with van der Waals surface area (Å²) in [6.07, 6.45) is 1.86. The minimum absolute atomic E-state index is 0.0448. The minimum Gasteiger partial charge on any atom is -0.306 e. The molecule has 0 aliphatic carbocycles. The highest BCUT2D eigenvalue weighted by Crippen LogP contribution is 2.21. The van der Waals surface area contributed by atoms with Gasteiger partial charge in [-0.15, -0.1) is 5.10 Å². The van der Waals surface area contributed by atoms with Gasteiger partial charge in [0.2, 0.25) is 0 Å². The topological polar surface area (TPSA) is 42.7 Å². The molecule has 0 bridgehead atoms. The van der Waals surface area contributed by atoms with Crippen molar-refractivity contribution >= 4 is 23.2 Å². The summed E-state index contributed by atoms with van der Waals surface area (Å²) in [6.45, 7) is 6.98. The molecular weight excluding hydrogens is 283 g/mol. The third-order valence-electron chi connectivity index (χ3n) is 2.45. The Kier molecular flexibility index (Phi) is 4.13. The fourth-order valence-corrected chi connectivity index (χ4v) is 2.05. The monoisotopic (exact) mass is 298 g/mol. The SMILES string of the molecule is CC(C)(C)NCc1cn(-c2cc(Cl)cc(Cl)c2)nn1. The van der Waals surface area contributed by atoms with E-state index in [-0.39, 0.29) is 5.54 Å². The van der Waals surface area contributed by atoms with Crippen LogP contribution in [0.25, 0.3) is 5.69 Å². The first-order chi connectivity index (χ1) is 8.83. The quantitative estimate of drug-likeness (QED) is 0.943. The van der Waals surface area contributed by atoms with E-state index in [1.54, 1.807) is 22.9 Å². The molecule has 0 aliphatic heterocycles. The largest absolute Gasteiger partial charge is 0.306 e. The number of nitrogens with zero attached hydrogens (tertiary/aromatic N) is 3. The number of halogens is 2. The summed E-state index contributed by atoms with van der Waals surface area (Å²) in [5, 5.41) is 12.7. The zero-order valence-electron chi connectivity index (χ0n) is 11.1. The summed E-state index contributed by atoms with van der Waals surface area (Å²) in [7, 11) is 0. The Morgan fingerprint density at radius 2 is 1.79 bits per heavy atom. The highest BCUT2D eigenvalue weighted by atomic mass is 35.5. The first-order valence-corrected chi connectivity index (χ1v) is 6.72. The van der Waals surface area contributed by atoms with Gasteiger partial charge >= 0.3 is 0 Å². The van der Waals surface area contributed by atoms with Crippen LogP contribution in [0.1, 0.15) is 26.5 Å². The zero-order valence-corrected chi connectivity index (χ0v) is 12.6. The molecule has 102 valence electrons. The van der Waals surface area contributed by atoms with Gasteiger partial charge in [0.15, 0.2) is 0 Å². The van der Waals surface area contributed by atoms with E-state index in [1.165, 1.54) is 0 Å². The summed E-state index contributed by atoms with van der Waals surface area (Å²) in [5.74, 6) is 0. The Labute approximate surface area is 122 Å². The van der Waals surface area contributed by atoms with Crippen LogP contribution in [-0.2, 0) is 6.54 Å². The van der Waals surface area contributed by atoms with Gasteiger partial charge in [-0.05, 0) is 39.0 Å². The van der Waals surface area contributed by atoms with E-state index in [4.69, 9.17) is 23.2 Å². The van der Waals surface area contributed by atoms with Gasteiger partial charge in [-0.25, -0.2) is 4.68 Å². The van der Waals surface area contributed by atoms with Gasteiger partial charge in [-0.3, -0.25) is 0 Å². The Hall–Kier alpha value is -1.10. The lowest BCUT2D eigenvalue weighted by Crippen LogP contribution is -2.35. The van der Waals surface area contributed by atoms with E-state index in [0.29, 0.717) is 16.6 Å². The zero-order chi connectivity index (χ0) is 14.0. The molecule has 0 unspecified atom stereocenters. The van der Waals surface area contributed by atoms with Crippen molar-refractivity contribution in [3.63, 3.8) is 0 Å². The van der Waals surface area contributed by atoms with Gasteiger partial charge in [0.25, 0.3) is 0 Å². The average Bonchev–Trinajstić information content (AvgIpc) is 2.72. The Bertz CT molecular complexity index is 552. The minimum atomic E-state index is 0.0448. The predicted octanol–water partition coefficient (Wildman–Crippen LogP) is 3.46. The Morgan fingerprint density at radius 3 is 2.37 bits per heavy atom. The lowest BCUT2D eigenvalue weighted by molar-refractivity contribution is 0.421. The van der Waals surface area contributed by atoms with Crippen molar-refractivity contribution in [2.75, 3.05) is 0 Å². The van der Waals surface area contributed by atoms with Gasteiger partial charge in [0.05, 0.1) is 17.6 Å². The first-order valence-electron chi connectivity index (χ1n) is 5.96. The summed E-state index contributed by atoms with van der Waals surface area (Å²) in [4.78, 5) is 0. The van der Waals surface area contributed by atoms with Crippen LogP contribution in [-0.4, -0.2) is 20.5 Å². The molecule has 2 rings (SSSR count). The molecular formula is C13H16Cl2N4. The molecule has 0 radical (unpaired) electrons. The van der Waals surface area contributed by atoms with E-state index in [0.717, 1.165) is 11.4 Å². The maximum absolute atomic E-state index is 5.97. The summed E-state index contributed by atoms with van der Waals surface area (Å²) in [6, 6.07) is 5.28. The lowest BCUT2D eigenvalue weighted by Gasteiger charge is -2.19. The van der Waals surface area contributed by atoms with Crippen LogP contribution in [0, 0.1) is 0 Å². The number of rotatable bonds is 3. The summed E-state index contributed by atoms with van der Waals surface area (Å²) >= 11 is 11.9. The second kappa shape index (κ2) is 5.49. The number of hydrogen-bond acceptors (Lipinski definition) is 3. The van der Waals surface area contributed by atoms with Crippen LogP contribution in [0.2, 0.25) is 10.0 Å². The van der Waals surface area contributed by atoms with Crippen LogP contribution in [0.15, 0.2) is 24.4 Å². The van der Waals surface area contributed by atoms with E-state index < -0.39 is 0 Å². The molecule has 1 aromatic heterocycles. The molecule has 19 heavy (non-hydrogen) atoms. The molecule has 4 nitrogen and oxygen atoms in total. The van der Waals surface area contributed by atoms with Crippen molar-refractivity contribution in [3.8, 4) is 5.69 Å². The molecule has 1 N–H and O–H groups in total. The van der Waals surface area contributed by atoms with Crippen molar-refractivity contribution in [1.29, 1.82) is 0 Å². The molecule has 0 saturated carbocycles. The first kappa shape index (κ1) is 14.3. The smallest absolute Gasteiger partial charge is 0.0969 e. The van der Waals surface area contributed by atoms with Gasteiger partial charge in [0.1, 0.15) is 0 Å². The van der Waals surface area contributed by atoms with E-state index >= 15 is 0 Å². The van der Waals surface area contributed by atoms with Crippen molar-refractivity contribution in [2.45, 2.75) is 32.9 Å². The van der Waals surface area contributed by atoms with Crippen LogP contribution in [0.4, 0.5) is 0 Å². The number of hydrogen-bond donors (Lipinski definition) is 1.